The van der Waals surface area contributed by atoms with E-state index in [0.29, 0.717) is 12.3 Å². The van der Waals surface area contributed by atoms with E-state index >= 15 is 0 Å². The van der Waals surface area contributed by atoms with Crippen LogP contribution in [0.1, 0.15) is 25.5 Å². The first-order chi connectivity index (χ1) is 9.60. The van der Waals surface area contributed by atoms with Crippen LogP contribution in [0.15, 0.2) is 18.2 Å². The molecule has 2 N–H and O–H groups in total. The van der Waals surface area contributed by atoms with Crippen molar-refractivity contribution in [3.63, 3.8) is 0 Å². The molecule has 2 rings (SSSR count). The summed E-state index contributed by atoms with van der Waals surface area (Å²) in [6.07, 6.45) is 1.71. The Morgan fingerprint density at radius 3 is 3.05 bits per heavy atom. The van der Waals surface area contributed by atoms with Gasteiger partial charge in [0.05, 0.1) is 0 Å². The van der Waals surface area contributed by atoms with Gasteiger partial charge in [-0.3, -0.25) is 9.69 Å². The maximum absolute atomic E-state index is 11.2. The third-order valence-electron chi connectivity index (χ3n) is 3.89. The minimum Gasteiger partial charge on any atom is -0.480 e. The van der Waals surface area contributed by atoms with Gasteiger partial charge in [0.15, 0.2) is 0 Å². The molecule has 0 saturated carbocycles. The van der Waals surface area contributed by atoms with E-state index in [4.69, 9.17) is 0 Å². The highest BCUT2D eigenvalue weighted by Crippen LogP contribution is 2.20. The van der Waals surface area contributed by atoms with Gasteiger partial charge in [0, 0.05) is 18.8 Å². The van der Waals surface area contributed by atoms with Crippen molar-refractivity contribution >= 4 is 11.8 Å². The number of hydrogen-bond donors (Lipinski definition) is 2. The molecule has 0 aromatic carbocycles. The number of pyridine rings is 1. The van der Waals surface area contributed by atoms with Crippen LogP contribution in [0.3, 0.4) is 0 Å². The minimum atomic E-state index is -0.707. The van der Waals surface area contributed by atoms with Gasteiger partial charge >= 0.3 is 5.97 Å². The molecule has 2 heterocycles. The fourth-order valence-corrected chi connectivity index (χ4v) is 2.79. The first kappa shape index (κ1) is 14.8. The zero-order valence-corrected chi connectivity index (χ0v) is 12.2. The summed E-state index contributed by atoms with van der Waals surface area (Å²) < 4.78 is 0. The summed E-state index contributed by atoms with van der Waals surface area (Å²) >= 11 is 0. The molecule has 1 fully saturated rings. The van der Waals surface area contributed by atoms with Crippen LogP contribution in [-0.2, 0) is 4.79 Å². The molecule has 0 aliphatic carbocycles. The van der Waals surface area contributed by atoms with E-state index in [9.17, 15) is 9.90 Å². The summed E-state index contributed by atoms with van der Waals surface area (Å²) in [5, 5.41) is 12.5. The highest BCUT2D eigenvalue weighted by molar-refractivity contribution is 5.73. The maximum Gasteiger partial charge on any atom is 0.320 e. The van der Waals surface area contributed by atoms with Crippen LogP contribution in [-0.4, -0.2) is 46.6 Å². The van der Waals surface area contributed by atoms with Crippen LogP contribution in [0.5, 0.6) is 0 Å². The highest BCUT2D eigenvalue weighted by atomic mass is 16.4. The van der Waals surface area contributed by atoms with Gasteiger partial charge < -0.3 is 10.4 Å². The first-order valence-corrected chi connectivity index (χ1v) is 7.24. The maximum atomic E-state index is 11.2. The van der Waals surface area contributed by atoms with Crippen molar-refractivity contribution < 1.29 is 9.90 Å². The van der Waals surface area contributed by atoms with Crippen molar-refractivity contribution in [2.24, 2.45) is 5.92 Å². The summed E-state index contributed by atoms with van der Waals surface area (Å²) in [4.78, 5) is 17.7. The van der Waals surface area contributed by atoms with Crippen LogP contribution in [0, 0.1) is 12.8 Å². The Bertz CT molecular complexity index is 464. The SMILES string of the molecule is CC[C@@H](C(=O)O)N1CC[C@H](CNc2cccc(C)n2)C1. The fourth-order valence-electron chi connectivity index (χ4n) is 2.79. The molecule has 1 aromatic rings. The number of nitrogens with one attached hydrogen (secondary N) is 1. The smallest absolute Gasteiger partial charge is 0.320 e. The van der Waals surface area contributed by atoms with Crippen LogP contribution in [0.2, 0.25) is 0 Å². The second kappa shape index (κ2) is 6.70. The standard InChI is InChI=1S/C15H23N3O2/c1-3-13(15(19)20)18-8-7-12(10-18)9-16-14-6-4-5-11(2)17-14/h4-6,12-13H,3,7-10H2,1-2H3,(H,16,17)(H,19,20)/t12-,13+/m1/s1. The molecular weight excluding hydrogens is 254 g/mol. The second-order valence-corrected chi connectivity index (χ2v) is 5.46. The average Bonchev–Trinajstić information content (AvgIpc) is 2.85. The topological polar surface area (TPSA) is 65.5 Å². The monoisotopic (exact) mass is 277 g/mol. The third-order valence-corrected chi connectivity index (χ3v) is 3.89. The van der Waals surface area contributed by atoms with Gasteiger partial charge in [-0.15, -0.1) is 0 Å². The van der Waals surface area contributed by atoms with Gasteiger partial charge in [-0.25, -0.2) is 4.98 Å². The number of anilines is 1. The van der Waals surface area contributed by atoms with Gasteiger partial charge in [-0.05, 0) is 44.4 Å². The largest absolute Gasteiger partial charge is 0.480 e. The Kier molecular flexibility index (Phi) is 4.95. The van der Waals surface area contributed by atoms with Crippen molar-refractivity contribution in [3.05, 3.63) is 23.9 Å². The van der Waals surface area contributed by atoms with Crippen LogP contribution in [0.4, 0.5) is 5.82 Å². The molecule has 1 aliphatic heterocycles. The van der Waals surface area contributed by atoms with E-state index < -0.39 is 5.97 Å². The molecule has 1 saturated heterocycles. The van der Waals surface area contributed by atoms with Gasteiger partial charge in [0.1, 0.15) is 11.9 Å². The van der Waals surface area contributed by atoms with E-state index in [-0.39, 0.29) is 6.04 Å². The summed E-state index contributed by atoms with van der Waals surface area (Å²) in [7, 11) is 0. The molecule has 5 nitrogen and oxygen atoms in total. The second-order valence-electron chi connectivity index (χ2n) is 5.46. The molecule has 0 radical (unpaired) electrons. The zero-order valence-electron chi connectivity index (χ0n) is 12.2. The number of rotatable bonds is 6. The summed E-state index contributed by atoms with van der Waals surface area (Å²) in [6, 6.07) is 5.59. The number of hydrogen-bond acceptors (Lipinski definition) is 4. The molecule has 5 heteroatoms. The Morgan fingerprint density at radius 2 is 2.40 bits per heavy atom. The summed E-state index contributed by atoms with van der Waals surface area (Å²) in [5.74, 6) is 0.681. The van der Waals surface area contributed by atoms with E-state index in [1.165, 1.54) is 0 Å². The third kappa shape index (κ3) is 3.70. The van der Waals surface area contributed by atoms with Crippen LogP contribution in [0.25, 0.3) is 0 Å². The van der Waals surface area contributed by atoms with Crippen molar-refractivity contribution in [1.29, 1.82) is 0 Å². The van der Waals surface area contributed by atoms with Crippen LogP contribution >= 0.6 is 0 Å². The number of aliphatic carboxylic acids is 1. The number of likely N-dealkylation sites (tertiary alicyclic amines) is 1. The number of aromatic nitrogens is 1. The number of aryl methyl sites for hydroxylation is 1. The van der Waals surface area contributed by atoms with Gasteiger partial charge in [-0.2, -0.15) is 0 Å². The number of carbonyl (C=O) groups is 1. The number of carboxylic acid groups (broad SMARTS) is 1. The Balaban J connectivity index is 1.83. The van der Waals surface area contributed by atoms with Gasteiger partial charge in [0.2, 0.25) is 0 Å². The molecular formula is C15H23N3O2. The first-order valence-electron chi connectivity index (χ1n) is 7.24. The molecule has 110 valence electrons. The normalized spacial score (nSPS) is 20.8. The lowest BCUT2D eigenvalue weighted by Gasteiger charge is -2.23. The van der Waals surface area contributed by atoms with E-state index in [1.54, 1.807) is 0 Å². The Morgan fingerprint density at radius 1 is 1.60 bits per heavy atom. The average molecular weight is 277 g/mol. The molecule has 1 aliphatic rings. The van der Waals surface area contributed by atoms with Crippen molar-refractivity contribution in [3.8, 4) is 0 Å². The minimum absolute atomic E-state index is 0.336. The summed E-state index contributed by atoms with van der Waals surface area (Å²) in [5.41, 5.74) is 1.000. The predicted molar refractivity (Wildman–Crippen MR) is 78.9 cm³/mol. The Hall–Kier alpha value is -1.62. The van der Waals surface area contributed by atoms with Crippen LogP contribution < -0.4 is 5.32 Å². The fraction of sp³-hybridized carbons (Fsp3) is 0.600. The van der Waals surface area contributed by atoms with Gasteiger partial charge in [-0.1, -0.05) is 13.0 Å². The lowest BCUT2D eigenvalue weighted by Crippen LogP contribution is -2.39. The molecule has 0 unspecified atom stereocenters. The predicted octanol–water partition coefficient (Wildman–Crippen LogP) is 1.99. The molecule has 0 amide bonds. The van der Waals surface area contributed by atoms with E-state index in [2.05, 4.69) is 15.2 Å². The van der Waals surface area contributed by atoms with Gasteiger partial charge in [0.25, 0.3) is 0 Å². The molecule has 0 spiro atoms. The molecule has 2 atom stereocenters. The number of nitrogens with zero attached hydrogens (tertiary/aromatic N) is 2. The molecule has 0 bridgehead atoms. The highest BCUT2D eigenvalue weighted by Gasteiger charge is 2.30. The van der Waals surface area contributed by atoms with E-state index in [1.807, 2.05) is 32.0 Å². The zero-order chi connectivity index (χ0) is 14.5. The van der Waals surface area contributed by atoms with E-state index in [0.717, 1.165) is 37.6 Å². The summed E-state index contributed by atoms with van der Waals surface area (Å²) in [6.45, 7) is 6.48. The van der Waals surface area contributed by atoms with Crippen molar-refractivity contribution in [2.75, 3.05) is 25.0 Å². The lowest BCUT2D eigenvalue weighted by atomic mass is 10.1. The molecule has 1 aromatic heterocycles. The molecule has 20 heavy (non-hydrogen) atoms. The lowest BCUT2D eigenvalue weighted by molar-refractivity contribution is -0.143. The number of carboxylic acids is 1. The Labute approximate surface area is 120 Å². The quantitative estimate of drug-likeness (QED) is 0.832. The van der Waals surface area contributed by atoms with Crippen molar-refractivity contribution in [1.82, 2.24) is 9.88 Å². The van der Waals surface area contributed by atoms with Crippen molar-refractivity contribution in [2.45, 2.75) is 32.7 Å².